The molecule has 0 saturated heterocycles. The van der Waals surface area contributed by atoms with Gasteiger partial charge in [0.15, 0.2) is 0 Å². The van der Waals surface area contributed by atoms with Crippen molar-refractivity contribution in [2.75, 3.05) is 5.75 Å². The molecule has 0 aromatic heterocycles. The van der Waals surface area contributed by atoms with Crippen LogP contribution in [0.1, 0.15) is 49.2 Å². The molecule has 2 rings (SSSR count). The molecule has 8 nitrogen and oxygen atoms in total. The predicted octanol–water partition coefficient (Wildman–Crippen LogP) is 3.87. The van der Waals surface area contributed by atoms with Gasteiger partial charge in [-0.25, -0.2) is 13.6 Å². The third-order valence-corrected chi connectivity index (χ3v) is 6.45. The Bertz CT molecular complexity index is 1020. The van der Waals surface area contributed by atoms with Crippen molar-refractivity contribution in [3.8, 4) is 0 Å². The monoisotopic (exact) mass is 451 g/mol. The van der Waals surface area contributed by atoms with E-state index in [1.807, 2.05) is 0 Å². The molecule has 0 spiro atoms. The van der Waals surface area contributed by atoms with Crippen molar-refractivity contribution < 1.29 is 18.1 Å². The molecule has 162 valence electrons. The lowest BCUT2D eigenvalue weighted by atomic mass is 10.1. The molecule has 1 unspecified atom stereocenters. The van der Waals surface area contributed by atoms with Crippen LogP contribution in [-0.4, -0.2) is 25.0 Å². The molecule has 30 heavy (non-hydrogen) atoms. The molecule has 2 aromatic carbocycles. The Balaban J connectivity index is 2.14. The Labute approximate surface area is 180 Å². The minimum Gasteiger partial charge on any atom is -0.346 e. The number of nitrogens with two attached hydrogens (primary N) is 1. The first-order valence-corrected chi connectivity index (χ1v) is 11.9. The van der Waals surface area contributed by atoms with Gasteiger partial charge in [0.25, 0.3) is 11.6 Å². The van der Waals surface area contributed by atoms with E-state index in [0.717, 1.165) is 12.2 Å². The zero-order chi connectivity index (χ0) is 22.5. The summed E-state index contributed by atoms with van der Waals surface area (Å²) in [5.74, 6) is 0.803. The largest absolute Gasteiger partial charge is 0.346 e. The third kappa shape index (κ3) is 6.54. The molecule has 1 atom stereocenters. The molecule has 1 amide bonds. The number of hydrogen-bond acceptors (Lipinski definition) is 6. The zero-order valence-electron chi connectivity index (χ0n) is 17.0. The molecule has 0 aliphatic carbocycles. The minimum absolute atomic E-state index is 0.0223. The highest BCUT2D eigenvalue weighted by atomic mass is 32.2. The maximum atomic E-state index is 12.6. The number of primary sulfonamides is 1. The van der Waals surface area contributed by atoms with E-state index in [0.29, 0.717) is 16.4 Å². The number of nitro benzene ring substituents is 1. The minimum atomic E-state index is -3.79. The number of thioether (sulfide) groups is 1. The van der Waals surface area contributed by atoms with Gasteiger partial charge in [-0.15, -0.1) is 11.8 Å². The molecule has 0 saturated carbocycles. The quantitative estimate of drug-likeness (QED) is 0.338. The topological polar surface area (TPSA) is 132 Å². The molecule has 0 aliphatic heterocycles. The van der Waals surface area contributed by atoms with Crippen molar-refractivity contribution in [1.82, 2.24) is 5.32 Å². The fourth-order valence-electron chi connectivity index (χ4n) is 2.64. The first-order chi connectivity index (χ1) is 14.0. The summed E-state index contributed by atoms with van der Waals surface area (Å²) in [6.45, 7) is 5.91. The number of benzene rings is 2. The Morgan fingerprint density at radius 1 is 1.17 bits per heavy atom. The van der Waals surface area contributed by atoms with Crippen LogP contribution in [0.15, 0.2) is 52.3 Å². The van der Waals surface area contributed by atoms with Crippen molar-refractivity contribution in [2.45, 2.75) is 43.0 Å². The average Bonchev–Trinajstić information content (AvgIpc) is 2.67. The van der Waals surface area contributed by atoms with E-state index in [1.54, 1.807) is 31.2 Å². The van der Waals surface area contributed by atoms with Crippen LogP contribution in [-0.2, 0) is 10.0 Å². The van der Waals surface area contributed by atoms with E-state index >= 15 is 0 Å². The SMILES string of the molecule is CC(C)CCSc1ccc(C(=O)NC(C)c2ccc(S(N)(=O)=O)cc2)cc1[N+](=O)[O-]. The normalized spacial score (nSPS) is 12.6. The van der Waals surface area contributed by atoms with E-state index in [4.69, 9.17) is 5.14 Å². The molecule has 3 N–H and O–H groups in total. The molecule has 0 radical (unpaired) electrons. The summed E-state index contributed by atoms with van der Waals surface area (Å²) in [4.78, 5) is 24.1. The van der Waals surface area contributed by atoms with Crippen LogP contribution in [0, 0.1) is 16.0 Å². The molecular formula is C20H25N3O5S2. The summed E-state index contributed by atoms with van der Waals surface area (Å²) >= 11 is 1.41. The molecular weight excluding hydrogens is 426 g/mol. The van der Waals surface area contributed by atoms with Crippen LogP contribution in [0.3, 0.4) is 0 Å². The number of rotatable bonds is 9. The van der Waals surface area contributed by atoms with Crippen LogP contribution in [0.5, 0.6) is 0 Å². The molecule has 10 heteroatoms. The highest BCUT2D eigenvalue weighted by Gasteiger charge is 2.19. The Morgan fingerprint density at radius 2 is 1.80 bits per heavy atom. The molecule has 0 bridgehead atoms. The van der Waals surface area contributed by atoms with Crippen LogP contribution >= 0.6 is 11.8 Å². The number of sulfonamides is 1. The highest BCUT2D eigenvalue weighted by molar-refractivity contribution is 7.99. The van der Waals surface area contributed by atoms with Crippen molar-refractivity contribution in [3.05, 3.63) is 63.7 Å². The smallest absolute Gasteiger partial charge is 0.283 e. The summed E-state index contributed by atoms with van der Waals surface area (Å²) < 4.78 is 22.7. The Hall–Kier alpha value is -2.43. The van der Waals surface area contributed by atoms with Gasteiger partial charge in [-0.3, -0.25) is 14.9 Å². The summed E-state index contributed by atoms with van der Waals surface area (Å²) in [6, 6.07) is 9.85. The second-order valence-corrected chi connectivity index (χ2v) is 9.98. The standard InChI is InChI=1S/C20H25N3O5S2/c1-13(2)10-11-29-19-9-6-16(12-18(19)23(25)26)20(24)22-14(3)15-4-7-17(8-5-15)30(21,27)28/h4-9,12-14H,10-11H2,1-3H3,(H,22,24)(H2,21,27,28). The number of nitrogens with one attached hydrogen (secondary N) is 1. The fourth-order valence-corrected chi connectivity index (χ4v) is 4.41. The van der Waals surface area contributed by atoms with Gasteiger partial charge in [0, 0.05) is 11.6 Å². The number of carbonyl (C=O) groups is 1. The van der Waals surface area contributed by atoms with E-state index in [2.05, 4.69) is 19.2 Å². The number of carbonyl (C=O) groups excluding carboxylic acids is 1. The van der Waals surface area contributed by atoms with Crippen LogP contribution in [0.25, 0.3) is 0 Å². The summed E-state index contributed by atoms with van der Waals surface area (Å²) in [5.41, 5.74) is 0.760. The van der Waals surface area contributed by atoms with Crippen LogP contribution in [0.2, 0.25) is 0 Å². The highest BCUT2D eigenvalue weighted by Crippen LogP contribution is 2.31. The second-order valence-electron chi connectivity index (χ2n) is 7.28. The van der Waals surface area contributed by atoms with Crippen molar-refractivity contribution >= 4 is 33.4 Å². The average molecular weight is 452 g/mol. The van der Waals surface area contributed by atoms with E-state index < -0.39 is 26.9 Å². The number of nitrogens with zero attached hydrogens (tertiary/aromatic N) is 1. The Morgan fingerprint density at radius 3 is 2.33 bits per heavy atom. The maximum Gasteiger partial charge on any atom is 0.283 e. The van der Waals surface area contributed by atoms with E-state index in [9.17, 15) is 23.3 Å². The second kappa shape index (κ2) is 10.1. The molecule has 2 aromatic rings. The maximum absolute atomic E-state index is 12.6. The van der Waals surface area contributed by atoms with E-state index in [-0.39, 0.29) is 16.1 Å². The van der Waals surface area contributed by atoms with Gasteiger partial charge in [0.05, 0.1) is 20.8 Å². The lowest BCUT2D eigenvalue weighted by molar-refractivity contribution is -0.387. The van der Waals surface area contributed by atoms with Crippen LogP contribution in [0.4, 0.5) is 5.69 Å². The van der Waals surface area contributed by atoms with Crippen LogP contribution < -0.4 is 10.5 Å². The van der Waals surface area contributed by atoms with Gasteiger partial charge in [0.2, 0.25) is 10.0 Å². The van der Waals surface area contributed by atoms with Crippen molar-refractivity contribution in [1.29, 1.82) is 0 Å². The lowest BCUT2D eigenvalue weighted by Gasteiger charge is -2.15. The van der Waals surface area contributed by atoms with Crippen molar-refractivity contribution in [3.63, 3.8) is 0 Å². The summed E-state index contributed by atoms with van der Waals surface area (Å²) in [7, 11) is -3.79. The lowest BCUT2D eigenvalue weighted by Crippen LogP contribution is -2.26. The first kappa shape index (κ1) is 23.8. The van der Waals surface area contributed by atoms with Crippen molar-refractivity contribution in [2.24, 2.45) is 11.1 Å². The van der Waals surface area contributed by atoms with Gasteiger partial charge in [-0.2, -0.15) is 0 Å². The van der Waals surface area contributed by atoms with Gasteiger partial charge in [-0.1, -0.05) is 26.0 Å². The first-order valence-electron chi connectivity index (χ1n) is 9.34. The Kier molecular flexibility index (Phi) is 7.99. The predicted molar refractivity (Wildman–Crippen MR) is 117 cm³/mol. The van der Waals surface area contributed by atoms with E-state index in [1.165, 1.54) is 30.0 Å². The molecule has 0 heterocycles. The summed E-state index contributed by atoms with van der Waals surface area (Å²) in [5, 5.41) is 19.3. The summed E-state index contributed by atoms with van der Waals surface area (Å²) in [6.07, 6.45) is 0.936. The van der Waals surface area contributed by atoms with Gasteiger partial charge in [-0.05, 0) is 54.8 Å². The van der Waals surface area contributed by atoms with Gasteiger partial charge in [0.1, 0.15) is 0 Å². The number of nitro groups is 1. The molecule has 0 aliphatic rings. The fraction of sp³-hybridized carbons (Fsp3) is 0.350. The number of hydrogen-bond donors (Lipinski definition) is 2. The van der Waals surface area contributed by atoms with Gasteiger partial charge < -0.3 is 5.32 Å². The zero-order valence-corrected chi connectivity index (χ0v) is 18.6. The van der Waals surface area contributed by atoms with Gasteiger partial charge >= 0.3 is 0 Å². The third-order valence-electron chi connectivity index (χ3n) is 4.43. The molecule has 0 fully saturated rings. The number of amides is 1.